The van der Waals surface area contributed by atoms with Gasteiger partial charge < -0.3 is 9.47 Å². The molecule has 0 heterocycles. The molecule has 0 aliphatic heterocycles. The molecule has 0 atom stereocenters. The summed E-state index contributed by atoms with van der Waals surface area (Å²) in [5.41, 5.74) is 1.97. The Hall–Kier alpha value is -4.84. The van der Waals surface area contributed by atoms with Gasteiger partial charge in [-0.25, -0.2) is 9.59 Å². The Morgan fingerprint density at radius 3 is 1.14 bits per heavy atom. The molecule has 0 amide bonds. The number of ketones is 2. The largest absolute Gasteiger partial charge is 0.421 e. The lowest BCUT2D eigenvalue weighted by atomic mass is 9.78. The molecule has 0 spiro atoms. The second-order valence-corrected chi connectivity index (χ2v) is 8.84. The van der Waals surface area contributed by atoms with Crippen LogP contribution in [-0.2, 0) is 15.0 Å². The van der Waals surface area contributed by atoms with Crippen LogP contribution in [-0.4, -0.2) is 23.5 Å². The first-order valence-corrected chi connectivity index (χ1v) is 11.6. The number of benzene rings is 4. The number of rotatable bonds is 8. The molecular formula is C31H24O6. The van der Waals surface area contributed by atoms with Crippen LogP contribution in [0.3, 0.4) is 0 Å². The molecule has 4 aromatic rings. The van der Waals surface area contributed by atoms with Crippen LogP contribution in [0.25, 0.3) is 0 Å². The van der Waals surface area contributed by atoms with E-state index in [1.165, 1.54) is 0 Å². The summed E-state index contributed by atoms with van der Waals surface area (Å²) >= 11 is 0. The molecule has 0 saturated heterocycles. The van der Waals surface area contributed by atoms with E-state index >= 15 is 0 Å². The predicted molar refractivity (Wildman–Crippen MR) is 138 cm³/mol. The van der Waals surface area contributed by atoms with Gasteiger partial charge in [-0.1, -0.05) is 98.8 Å². The van der Waals surface area contributed by atoms with Crippen molar-refractivity contribution in [2.75, 3.05) is 0 Å². The molecular weight excluding hydrogens is 468 g/mol. The van der Waals surface area contributed by atoms with Gasteiger partial charge in [-0.15, -0.1) is 0 Å². The number of Topliss-reactive ketones (excluding diaryl/α,β-unsaturated/α-hetero) is 2. The van der Waals surface area contributed by atoms with Crippen molar-refractivity contribution in [2.24, 2.45) is 0 Å². The summed E-state index contributed by atoms with van der Waals surface area (Å²) in [7, 11) is 0. The number of ether oxygens (including phenoxy) is 2. The number of hydrogen-bond acceptors (Lipinski definition) is 6. The normalized spacial score (nSPS) is 10.9. The van der Waals surface area contributed by atoms with Crippen molar-refractivity contribution in [3.63, 3.8) is 0 Å². The first-order valence-electron chi connectivity index (χ1n) is 11.6. The van der Waals surface area contributed by atoms with Crippen LogP contribution >= 0.6 is 0 Å². The van der Waals surface area contributed by atoms with Crippen LogP contribution in [0.15, 0.2) is 109 Å². The quantitative estimate of drug-likeness (QED) is 0.138. The highest BCUT2D eigenvalue weighted by Gasteiger charge is 2.25. The topological polar surface area (TPSA) is 86.7 Å². The molecule has 0 N–H and O–H groups in total. The molecule has 4 rings (SSSR count). The Balaban J connectivity index is 1.41. The van der Waals surface area contributed by atoms with Gasteiger partial charge in [0.25, 0.3) is 11.6 Å². The monoisotopic (exact) mass is 492 g/mol. The highest BCUT2D eigenvalue weighted by Crippen LogP contribution is 2.33. The smallest absolute Gasteiger partial charge is 0.385 e. The van der Waals surface area contributed by atoms with Gasteiger partial charge in [0, 0.05) is 16.5 Å². The lowest BCUT2D eigenvalue weighted by Gasteiger charge is -2.26. The van der Waals surface area contributed by atoms with Gasteiger partial charge in [-0.05, 0) is 35.4 Å². The van der Waals surface area contributed by atoms with Crippen LogP contribution in [0.4, 0.5) is 0 Å². The van der Waals surface area contributed by atoms with Crippen molar-refractivity contribution < 1.29 is 28.7 Å². The van der Waals surface area contributed by atoms with Crippen LogP contribution in [0.2, 0.25) is 0 Å². The van der Waals surface area contributed by atoms with Crippen LogP contribution in [0.5, 0.6) is 11.5 Å². The molecule has 0 aliphatic carbocycles. The van der Waals surface area contributed by atoms with E-state index in [1.807, 2.05) is 38.1 Å². The van der Waals surface area contributed by atoms with Gasteiger partial charge in [-0.3, -0.25) is 9.59 Å². The van der Waals surface area contributed by atoms with Gasteiger partial charge in [0.05, 0.1) is 0 Å². The average molecular weight is 493 g/mol. The molecule has 6 nitrogen and oxygen atoms in total. The molecule has 0 aliphatic rings. The van der Waals surface area contributed by atoms with Gasteiger partial charge >= 0.3 is 11.9 Å². The SMILES string of the molecule is CC(C)(c1ccc(OC(=O)C(=O)c2ccccc2)cc1)c1ccc(OC(=O)C(=O)c2ccccc2)cc1. The summed E-state index contributed by atoms with van der Waals surface area (Å²) < 4.78 is 10.5. The van der Waals surface area contributed by atoms with Gasteiger partial charge in [-0.2, -0.15) is 0 Å². The number of esters is 2. The molecule has 6 heteroatoms. The van der Waals surface area contributed by atoms with Crippen molar-refractivity contribution in [1.82, 2.24) is 0 Å². The van der Waals surface area contributed by atoms with Gasteiger partial charge in [0.15, 0.2) is 0 Å². The summed E-state index contributed by atoms with van der Waals surface area (Å²) in [5, 5.41) is 0. The molecule has 4 aromatic carbocycles. The fraction of sp³-hybridized carbons (Fsp3) is 0.0968. The third-order valence-corrected chi connectivity index (χ3v) is 6.02. The fourth-order valence-electron chi connectivity index (χ4n) is 3.77. The highest BCUT2D eigenvalue weighted by molar-refractivity contribution is 6.41. The third-order valence-electron chi connectivity index (χ3n) is 6.02. The summed E-state index contributed by atoms with van der Waals surface area (Å²) in [5.74, 6) is -2.80. The maximum absolute atomic E-state index is 12.2. The van der Waals surface area contributed by atoms with E-state index in [4.69, 9.17) is 9.47 Å². The average Bonchev–Trinajstić information content (AvgIpc) is 2.93. The molecule has 0 bridgehead atoms. The van der Waals surface area contributed by atoms with Crippen LogP contribution in [0.1, 0.15) is 45.7 Å². The van der Waals surface area contributed by atoms with Crippen molar-refractivity contribution in [1.29, 1.82) is 0 Å². The Morgan fingerprint density at radius 1 is 0.486 bits per heavy atom. The lowest BCUT2D eigenvalue weighted by molar-refractivity contribution is -0.130. The zero-order valence-electron chi connectivity index (χ0n) is 20.3. The second-order valence-electron chi connectivity index (χ2n) is 8.84. The summed E-state index contributed by atoms with van der Waals surface area (Å²) in [6.45, 7) is 4.04. The number of carbonyl (C=O) groups excluding carboxylic acids is 4. The van der Waals surface area contributed by atoms with Crippen molar-refractivity contribution in [3.8, 4) is 11.5 Å². The maximum Gasteiger partial charge on any atom is 0.385 e. The standard InChI is InChI=1S/C31H24O6/c1-31(2,23-13-17-25(18-14-23)36-29(34)27(32)21-9-5-3-6-10-21)24-15-19-26(20-16-24)37-30(35)28(33)22-11-7-4-8-12-22/h3-20H,1-2H3. The Kier molecular flexibility index (Phi) is 7.39. The highest BCUT2D eigenvalue weighted by atomic mass is 16.5. The predicted octanol–water partition coefficient (Wildman–Crippen LogP) is 5.59. The van der Waals surface area contributed by atoms with Crippen LogP contribution in [0, 0.1) is 0 Å². The first kappa shape index (κ1) is 25.3. The maximum atomic E-state index is 12.2. The fourth-order valence-corrected chi connectivity index (χ4v) is 3.77. The zero-order valence-corrected chi connectivity index (χ0v) is 20.3. The third kappa shape index (κ3) is 5.87. The molecule has 0 radical (unpaired) electrons. The molecule has 0 aromatic heterocycles. The van der Waals surface area contributed by atoms with E-state index in [1.54, 1.807) is 84.9 Å². The molecule has 0 saturated carbocycles. The van der Waals surface area contributed by atoms with E-state index < -0.39 is 28.9 Å². The second kappa shape index (κ2) is 10.8. The van der Waals surface area contributed by atoms with E-state index in [-0.39, 0.29) is 22.6 Å². The van der Waals surface area contributed by atoms with Crippen molar-refractivity contribution in [2.45, 2.75) is 19.3 Å². The van der Waals surface area contributed by atoms with Crippen LogP contribution < -0.4 is 9.47 Å². The van der Waals surface area contributed by atoms with Gasteiger partial charge in [0.2, 0.25) is 0 Å². The Labute approximate surface area is 214 Å². The minimum atomic E-state index is -0.950. The first-order chi connectivity index (χ1) is 17.8. The molecule has 184 valence electrons. The van der Waals surface area contributed by atoms with E-state index in [9.17, 15) is 19.2 Å². The van der Waals surface area contributed by atoms with E-state index in [0.29, 0.717) is 0 Å². The van der Waals surface area contributed by atoms with Crippen molar-refractivity contribution in [3.05, 3.63) is 131 Å². The minimum absolute atomic E-state index is 0.263. The van der Waals surface area contributed by atoms with E-state index in [2.05, 4.69) is 0 Å². The van der Waals surface area contributed by atoms with E-state index in [0.717, 1.165) is 11.1 Å². The summed E-state index contributed by atoms with van der Waals surface area (Å²) in [6.07, 6.45) is 0. The Morgan fingerprint density at radius 2 is 0.811 bits per heavy atom. The number of hydrogen-bond donors (Lipinski definition) is 0. The summed E-state index contributed by atoms with van der Waals surface area (Å²) in [4.78, 5) is 48.9. The van der Waals surface area contributed by atoms with Gasteiger partial charge in [0.1, 0.15) is 11.5 Å². The van der Waals surface area contributed by atoms with Crippen molar-refractivity contribution >= 4 is 23.5 Å². The molecule has 37 heavy (non-hydrogen) atoms. The molecule has 0 fully saturated rings. The Bertz CT molecular complexity index is 1310. The summed E-state index contributed by atoms with van der Waals surface area (Å²) in [6, 6.07) is 30.3. The molecule has 0 unspecified atom stereocenters. The number of carbonyl (C=O) groups is 4. The zero-order chi connectivity index (χ0) is 26.4. The lowest BCUT2D eigenvalue weighted by Crippen LogP contribution is -2.21. The minimum Gasteiger partial charge on any atom is -0.421 e.